The Morgan fingerprint density at radius 1 is 1.30 bits per heavy atom. The van der Waals surface area contributed by atoms with Crippen molar-refractivity contribution in [1.29, 1.82) is 0 Å². The van der Waals surface area contributed by atoms with E-state index in [-0.39, 0.29) is 24.6 Å². The molecule has 3 heterocycles. The number of fused-ring (bicyclic) bond motifs is 1. The van der Waals surface area contributed by atoms with Crippen LogP contribution >= 0.6 is 0 Å². The molecule has 10 heteroatoms. The lowest BCUT2D eigenvalue weighted by Gasteiger charge is -2.14. The monoisotopic (exact) mass is 394 g/mol. The molecule has 27 heavy (non-hydrogen) atoms. The molecule has 0 saturated carbocycles. The minimum absolute atomic E-state index is 0.130. The molecule has 146 valence electrons. The van der Waals surface area contributed by atoms with Gasteiger partial charge in [-0.25, -0.2) is 13.1 Å². The van der Waals surface area contributed by atoms with Crippen LogP contribution in [0.5, 0.6) is 11.5 Å². The molecule has 1 aromatic carbocycles. The van der Waals surface area contributed by atoms with E-state index in [4.69, 9.17) is 14.0 Å². The summed E-state index contributed by atoms with van der Waals surface area (Å²) in [7, 11) is -1.34. The van der Waals surface area contributed by atoms with E-state index in [2.05, 4.69) is 14.9 Å². The van der Waals surface area contributed by atoms with E-state index in [0.717, 1.165) is 5.56 Å². The number of sulfonamides is 1. The predicted octanol–water partition coefficient (Wildman–Crippen LogP) is 1.54. The normalized spacial score (nSPS) is 22.4. The van der Waals surface area contributed by atoms with Gasteiger partial charge in [0.25, 0.3) is 0 Å². The number of aromatic nitrogens is 2. The van der Waals surface area contributed by atoms with Gasteiger partial charge in [0, 0.05) is 18.2 Å². The Kier molecular flexibility index (Phi) is 4.79. The fourth-order valence-electron chi connectivity index (χ4n) is 3.48. The number of likely N-dealkylation sites (N-methyl/N-ethyl adjacent to an activating group) is 1. The van der Waals surface area contributed by atoms with Gasteiger partial charge in [0.1, 0.15) is 0 Å². The number of nitrogens with one attached hydrogen (secondary N) is 1. The molecule has 9 nitrogen and oxygen atoms in total. The van der Waals surface area contributed by atoms with Crippen LogP contribution in [0.15, 0.2) is 22.7 Å². The molecule has 1 aromatic heterocycles. The molecule has 2 aliphatic heterocycles. The van der Waals surface area contributed by atoms with E-state index in [1.54, 1.807) is 0 Å². The van der Waals surface area contributed by atoms with Crippen molar-refractivity contribution in [3.63, 3.8) is 0 Å². The van der Waals surface area contributed by atoms with E-state index >= 15 is 0 Å². The van der Waals surface area contributed by atoms with Crippen molar-refractivity contribution in [3.8, 4) is 22.9 Å². The van der Waals surface area contributed by atoms with Crippen LogP contribution in [-0.4, -0.2) is 55.6 Å². The van der Waals surface area contributed by atoms with Gasteiger partial charge in [-0.05, 0) is 38.1 Å². The van der Waals surface area contributed by atoms with Gasteiger partial charge in [0.15, 0.2) is 11.5 Å². The molecular formula is C17H22N4O5S. The summed E-state index contributed by atoms with van der Waals surface area (Å²) in [6.07, 6.45) is 1.17. The number of nitrogens with zero attached hydrogens (tertiary/aromatic N) is 3. The number of likely N-dealkylation sites (tertiary alicyclic amines) is 1. The summed E-state index contributed by atoms with van der Waals surface area (Å²) in [5.74, 6) is 2.42. The first-order chi connectivity index (χ1) is 12.9. The molecule has 2 atom stereocenters. The van der Waals surface area contributed by atoms with E-state index in [1.165, 1.54) is 0 Å². The second-order valence-electron chi connectivity index (χ2n) is 6.85. The molecule has 0 aliphatic carbocycles. The molecule has 1 saturated heterocycles. The third-order valence-electron chi connectivity index (χ3n) is 4.72. The predicted molar refractivity (Wildman–Crippen MR) is 96.8 cm³/mol. The highest BCUT2D eigenvalue weighted by molar-refractivity contribution is 7.89. The van der Waals surface area contributed by atoms with Crippen molar-refractivity contribution >= 4 is 10.0 Å². The molecule has 0 bridgehead atoms. The minimum Gasteiger partial charge on any atom is -0.454 e. The largest absolute Gasteiger partial charge is 0.454 e. The second kappa shape index (κ2) is 7.10. The highest BCUT2D eigenvalue weighted by Crippen LogP contribution is 2.36. The topological polar surface area (TPSA) is 107 Å². The maximum absolute atomic E-state index is 12.0. The molecule has 1 N–H and O–H groups in total. The second-order valence-corrected chi connectivity index (χ2v) is 8.72. The van der Waals surface area contributed by atoms with Crippen LogP contribution in [0.4, 0.5) is 0 Å². The Labute approximate surface area is 157 Å². The van der Waals surface area contributed by atoms with Crippen LogP contribution < -0.4 is 14.2 Å². The molecule has 2 unspecified atom stereocenters. The molecule has 0 spiro atoms. The molecule has 0 amide bonds. The molecule has 2 aromatic rings. The molecule has 0 radical (unpaired) electrons. The summed E-state index contributed by atoms with van der Waals surface area (Å²) in [5.41, 5.74) is 0.773. The Bertz CT molecular complexity index is 929. The summed E-state index contributed by atoms with van der Waals surface area (Å²) in [4.78, 5) is 6.54. The molecule has 4 rings (SSSR count). The van der Waals surface area contributed by atoms with Crippen molar-refractivity contribution in [2.24, 2.45) is 0 Å². The van der Waals surface area contributed by atoms with Gasteiger partial charge in [-0.2, -0.15) is 4.98 Å². The van der Waals surface area contributed by atoms with E-state index in [9.17, 15) is 8.42 Å². The minimum atomic E-state index is -3.26. The van der Waals surface area contributed by atoms with E-state index < -0.39 is 10.0 Å². The number of ether oxygens (including phenoxy) is 2. The molecular weight excluding hydrogens is 372 g/mol. The average Bonchev–Trinajstić information content (AvgIpc) is 3.32. The van der Waals surface area contributed by atoms with Crippen LogP contribution in [-0.2, 0) is 10.0 Å². The standard InChI is InChI=1S/C17H22N4O5S/c1-3-6-27(22,23)20-12-8-13(21(2)9-12)17-18-16(19-26-17)11-4-5-14-15(7-11)25-10-24-14/h4-5,7,12-13,20H,3,6,8-10H2,1-2H3. The fourth-order valence-corrected chi connectivity index (χ4v) is 4.81. The number of benzene rings is 1. The van der Waals surface area contributed by atoms with Crippen LogP contribution in [0.25, 0.3) is 11.4 Å². The maximum Gasteiger partial charge on any atom is 0.244 e. The van der Waals surface area contributed by atoms with Crippen molar-refractivity contribution < 1.29 is 22.4 Å². The first-order valence-corrected chi connectivity index (χ1v) is 10.5. The van der Waals surface area contributed by atoms with Crippen LogP contribution in [0.2, 0.25) is 0 Å². The lowest BCUT2D eigenvalue weighted by atomic mass is 10.1. The summed E-state index contributed by atoms with van der Waals surface area (Å²) in [6.45, 7) is 2.65. The van der Waals surface area contributed by atoms with Gasteiger partial charge in [-0.15, -0.1) is 0 Å². The maximum atomic E-state index is 12.0. The van der Waals surface area contributed by atoms with Crippen LogP contribution in [0.1, 0.15) is 31.7 Å². The Morgan fingerprint density at radius 3 is 2.93 bits per heavy atom. The van der Waals surface area contributed by atoms with Crippen LogP contribution in [0, 0.1) is 0 Å². The Morgan fingerprint density at radius 2 is 2.11 bits per heavy atom. The van der Waals surface area contributed by atoms with E-state index in [0.29, 0.717) is 42.6 Å². The van der Waals surface area contributed by atoms with Crippen molar-refractivity contribution in [2.45, 2.75) is 31.8 Å². The fraction of sp³-hybridized carbons (Fsp3) is 0.529. The first-order valence-electron chi connectivity index (χ1n) is 8.89. The van der Waals surface area contributed by atoms with Gasteiger partial charge < -0.3 is 14.0 Å². The van der Waals surface area contributed by atoms with Gasteiger partial charge >= 0.3 is 0 Å². The Balaban J connectivity index is 1.48. The van der Waals surface area contributed by atoms with Crippen molar-refractivity contribution in [2.75, 3.05) is 26.1 Å². The smallest absolute Gasteiger partial charge is 0.244 e. The third kappa shape index (κ3) is 3.78. The number of rotatable bonds is 6. The first kappa shape index (κ1) is 18.2. The average molecular weight is 394 g/mol. The van der Waals surface area contributed by atoms with Crippen molar-refractivity contribution in [1.82, 2.24) is 19.8 Å². The summed E-state index contributed by atoms with van der Waals surface area (Å²) in [6, 6.07) is 5.18. The lowest BCUT2D eigenvalue weighted by Crippen LogP contribution is -2.37. The lowest BCUT2D eigenvalue weighted by molar-refractivity contribution is 0.174. The number of hydrogen-bond donors (Lipinski definition) is 1. The van der Waals surface area contributed by atoms with Gasteiger partial charge in [-0.3, -0.25) is 4.90 Å². The quantitative estimate of drug-likeness (QED) is 0.786. The number of hydrogen-bond acceptors (Lipinski definition) is 8. The summed E-state index contributed by atoms with van der Waals surface area (Å²) in [5, 5.41) is 4.07. The highest BCUT2D eigenvalue weighted by atomic mass is 32.2. The zero-order valence-corrected chi connectivity index (χ0v) is 16.0. The highest BCUT2D eigenvalue weighted by Gasteiger charge is 2.36. The molecule has 2 aliphatic rings. The van der Waals surface area contributed by atoms with Gasteiger partial charge in [-0.1, -0.05) is 12.1 Å². The summed E-state index contributed by atoms with van der Waals surface area (Å²) >= 11 is 0. The van der Waals surface area contributed by atoms with Crippen molar-refractivity contribution in [3.05, 3.63) is 24.1 Å². The zero-order valence-electron chi connectivity index (χ0n) is 15.2. The van der Waals surface area contributed by atoms with Gasteiger partial charge in [0.05, 0.1) is 11.8 Å². The Hall–Kier alpha value is -2.17. The van der Waals surface area contributed by atoms with Crippen LogP contribution in [0.3, 0.4) is 0 Å². The summed E-state index contributed by atoms with van der Waals surface area (Å²) < 4.78 is 43.0. The third-order valence-corrected chi connectivity index (χ3v) is 6.36. The van der Waals surface area contributed by atoms with E-state index in [1.807, 2.05) is 37.1 Å². The molecule has 1 fully saturated rings. The van der Waals surface area contributed by atoms with Gasteiger partial charge in [0.2, 0.25) is 28.5 Å². The SMILES string of the molecule is CCCS(=O)(=O)NC1CC(c2nc(-c3ccc4c(c3)OCO4)no2)N(C)C1. The zero-order chi connectivity index (χ0) is 19.0.